The third-order valence-corrected chi connectivity index (χ3v) is 6.20. The number of hydrogen-bond donors (Lipinski definition) is 1. The molecule has 37 heavy (non-hydrogen) atoms. The fraction of sp³-hybridized carbons (Fsp3) is 0.222. The first-order valence-corrected chi connectivity index (χ1v) is 12.1. The lowest BCUT2D eigenvalue weighted by molar-refractivity contribution is -0.124. The van der Waals surface area contributed by atoms with Crippen LogP contribution in [-0.2, 0) is 20.9 Å². The summed E-state index contributed by atoms with van der Waals surface area (Å²) in [5, 5.41) is 3.09. The molecule has 1 atom stereocenters. The summed E-state index contributed by atoms with van der Waals surface area (Å²) in [4.78, 5) is 45.8. The molecule has 9 nitrogen and oxygen atoms in total. The number of aromatic nitrogens is 1. The van der Waals surface area contributed by atoms with E-state index in [1.54, 1.807) is 85.9 Å². The van der Waals surface area contributed by atoms with E-state index in [0.717, 1.165) is 5.56 Å². The van der Waals surface area contributed by atoms with Crippen molar-refractivity contribution in [2.75, 3.05) is 23.9 Å². The van der Waals surface area contributed by atoms with Crippen LogP contribution in [0.5, 0.6) is 5.75 Å². The van der Waals surface area contributed by atoms with Gasteiger partial charge in [0, 0.05) is 24.6 Å². The Kier molecular flexibility index (Phi) is 8.09. The summed E-state index contributed by atoms with van der Waals surface area (Å²) in [5.41, 5.74) is 2.30. The largest absolute Gasteiger partial charge is 0.497 e. The molecule has 0 radical (unpaired) electrons. The summed E-state index contributed by atoms with van der Waals surface area (Å²) in [6, 6.07) is 16.2. The molecule has 0 spiro atoms. The van der Waals surface area contributed by atoms with Gasteiger partial charge in [0.25, 0.3) is 5.91 Å². The summed E-state index contributed by atoms with van der Waals surface area (Å²) < 4.78 is 10.2. The zero-order valence-corrected chi connectivity index (χ0v) is 21.2. The molecule has 1 aromatic heterocycles. The number of esters is 1. The number of thiocarbonyl (C=S) groups is 1. The van der Waals surface area contributed by atoms with Crippen LogP contribution in [0.4, 0.5) is 11.4 Å². The van der Waals surface area contributed by atoms with E-state index in [1.807, 2.05) is 6.07 Å². The van der Waals surface area contributed by atoms with Gasteiger partial charge in [0.1, 0.15) is 11.8 Å². The van der Waals surface area contributed by atoms with Gasteiger partial charge >= 0.3 is 5.97 Å². The van der Waals surface area contributed by atoms with Crippen molar-refractivity contribution < 1.29 is 23.9 Å². The summed E-state index contributed by atoms with van der Waals surface area (Å²) in [7, 11) is 1.56. The van der Waals surface area contributed by atoms with Gasteiger partial charge in [-0.1, -0.05) is 6.07 Å². The Hall–Kier alpha value is -4.31. The van der Waals surface area contributed by atoms with Gasteiger partial charge in [-0.2, -0.15) is 0 Å². The smallest absolute Gasteiger partial charge is 0.338 e. The molecular weight excluding hydrogens is 492 g/mol. The number of nitrogens with one attached hydrogen (secondary N) is 1. The molecule has 2 amide bonds. The van der Waals surface area contributed by atoms with E-state index in [-0.39, 0.29) is 30.0 Å². The van der Waals surface area contributed by atoms with Crippen LogP contribution in [0, 0.1) is 0 Å². The number of benzene rings is 2. The van der Waals surface area contributed by atoms with E-state index in [9.17, 15) is 14.4 Å². The van der Waals surface area contributed by atoms with Crippen molar-refractivity contribution in [1.82, 2.24) is 9.88 Å². The number of hydrogen-bond acceptors (Lipinski definition) is 7. The third-order valence-electron chi connectivity index (χ3n) is 5.78. The van der Waals surface area contributed by atoms with E-state index in [4.69, 9.17) is 21.7 Å². The summed E-state index contributed by atoms with van der Waals surface area (Å²) in [6.07, 6.45) is 3.25. The molecule has 190 valence electrons. The van der Waals surface area contributed by atoms with Crippen molar-refractivity contribution in [2.24, 2.45) is 0 Å². The van der Waals surface area contributed by atoms with Crippen molar-refractivity contribution in [3.05, 3.63) is 84.2 Å². The Morgan fingerprint density at radius 2 is 1.81 bits per heavy atom. The lowest BCUT2D eigenvalue weighted by Crippen LogP contribution is -2.37. The van der Waals surface area contributed by atoms with Crippen molar-refractivity contribution in [3.63, 3.8) is 0 Å². The van der Waals surface area contributed by atoms with E-state index in [0.29, 0.717) is 29.2 Å². The summed E-state index contributed by atoms with van der Waals surface area (Å²) in [5.74, 6) is -0.443. The van der Waals surface area contributed by atoms with Crippen LogP contribution in [0.25, 0.3) is 0 Å². The monoisotopic (exact) mass is 518 g/mol. The molecule has 1 aliphatic heterocycles. The molecule has 1 fully saturated rings. The number of rotatable bonds is 9. The number of methoxy groups -OCH3 is 1. The summed E-state index contributed by atoms with van der Waals surface area (Å²) >= 11 is 5.71. The van der Waals surface area contributed by atoms with Gasteiger partial charge in [-0.25, -0.2) is 4.79 Å². The quantitative estimate of drug-likeness (QED) is 0.337. The molecule has 2 heterocycles. The zero-order chi connectivity index (χ0) is 26.4. The average molecular weight is 519 g/mol. The Morgan fingerprint density at radius 3 is 2.43 bits per heavy atom. The predicted molar refractivity (Wildman–Crippen MR) is 142 cm³/mol. The second-order valence-corrected chi connectivity index (χ2v) is 8.57. The van der Waals surface area contributed by atoms with Crippen LogP contribution in [-0.4, -0.2) is 52.5 Å². The second kappa shape index (κ2) is 11.6. The van der Waals surface area contributed by atoms with Gasteiger partial charge in [0.15, 0.2) is 5.11 Å². The fourth-order valence-corrected chi connectivity index (χ4v) is 4.35. The highest BCUT2D eigenvalue weighted by atomic mass is 32.1. The first-order chi connectivity index (χ1) is 17.9. The van der Waals surface area contributed by atoms with Crippen LogP contribution in [0.1, 0.15) is 29.3 Å². The standard InChI is InChI=1S/C27H26N4O5S/c1-3-36-26(34)19-6-10-21(11-7-19)31-25(33)23(30(27(31)37)17-18-5-4-14-28-16-18)15-24(32)29-20-8-12-22(35-2)13-9-20/h4-14,16,23H,3,15,17H2,1-2H3,(H,29,32)/t23-/m0/s1. The molecule has 1 saturated heterocycles. The molecule has 0 unspecified atom stereocenters. The molecule has 1 N–H and O–H groups in total. The number of amides is 2. The maximum atomic E-state index is 13.6. The number of carbonyl (C=O) groups excluding carboxylic acids is 3. The molecule has 2 aromatic carbocycles. The zero-order valence-electron chi connectivity index (χ0n) is 20.4. The lowest BCUT2D eigenvalue weighted by Gasteiger charge is -2.24. The fourth-order valence-electron chi connectivity index (χ4n) is 3.96. The van der Waals surface area contributed by atoms with Crippen molar-refractivity contribution in [1.29, 1.82) is 0 Å². The third kappa shape index (κ3) is 5.92. The molecular formula is C27H26N4O5S. The van der Waals surface area contributed by atoms with Crippen molar-refractivity contribution in [2.45, 2.75) is 25.9 Å². The summed E-state index contributed by atoms with van der Waals surface area (Å²) in [6.45, 7) is 2.30. The van der Waals surface area contributed by atoms with E-state index < -0.39 is 12.0 Å². The topological polar surface area (TPSA) is 101 Å². The minimum Gasteiger partial charge on any atom is -0.497 e. The SMILES string of the molecule is CCOC(=O)c1ccc(N2C(=O)[C@H](CC(=O)Nc3ccc(OC)cc3)N(Cc3cccnc3)C2=S)cc1. The molecule has 0 saturated carbocycles. The van der Waals surface area contributed by atoms with Crippen LogP contribution in [0.3, 0.4) is 0 Å². The minimum atomic E-state index is -0.823. The highest BCUT2D eigenvalue weighted by Gasteiger charge is 2.44. The maximum absolute atomic E-state index is 13.6. The average Bonchev–Trinajstić information content (AvgIpc) is 3.13. The second-order valence-electron chi connectivity index (χ2n) is 8.21. The molecule has 0 aliphatic carbocycles. The lowest BCUT2D eigenvalue weighted by atomic mass is 10.1. The van der Waals surface area contributed by atoms with Gasteiger partial charge in [0.2, 0.25) is 5.91 Å². The van der Waals surface area contributed by atoms with Crippen LogP contribution in [0.15, 0.2) is 73.1 Å². The number of nitrogens with zero attached hydrogens (tertiary/aromatic N) is 3. The number of anilines is 2. The highest BCUT2D eigenvalue weighted by Crippen LogP contribution is 2.29. The first kappa shape index (κ1) is 25.8. The van der Waals surface area contributed by atoms with E-state index >= 15 is 0 Å². The van der Waals surface area contributed by atoms with Gasteiger partial charge in [-0.05, 0) is 79.3 Å². The molecule has 0 bridgehead atoms. The van der Waals surface area contributed by atoms with Crippen LogP contribution in [0.2, 0.25) is 0 Å². The Bertz CT molecular complexity index is 1280. The minimum absolute atomic E-state index is 0.108. The van der Waals surface area contributed by atoms with E-state index in [1.165, 1.54) is 4.90 Å². The van der Waals surface area contributed by atoms with Gasteiger partial charge in [-0.15, -0.1) is 0 Å². The Balaban J connectivity index is 1.57. The molecule has 1 aliphatic rings. The van der Waals surface area contributed by atoms with Crippen LogP contribution >= 0.6 is 12.2 Å². The molecule has 10 heteroatoms. The first-order valence-electron chi connectivity index (χ1n) is 11.7. The van der Waals surface area contributed by atoms with Crippen molar-refractivity contribution in [3.8, 4) is 5.75 Å². The Morgan fingerprint density at radius 1 is 1.08 bits per heavy atom. The highest BCUT2D eigenvalue weighted by molar-refractivity contribution is 7.80. The number of ether oxygens (including phenoxy) is 2. The van der Waals surface area contributed by atoms with Crippen LogP contribution < -0.4 is 15.0 Å². The number of pyridine rings is 1. The maximum Gasteiger partial charge on any atom is 0.338 e. The van der Waals surface area contributed by atoms with Crippen molar-refractivity contribution >= 4 is 46.5 Å². The predicted octanol–water partition coefficient (Wildman–Crippen LogP) is 3.80. The van der Waals surface area contributed by atoms with Gasteiger partial charge in [-0.3, -0.25) is 19.5 Å². The molecule has 3 aromatic rings. The Labute approximate surface area is 220 Å². The normalized spacial score (nSPS) is 15.0. The van der Waals surface area contributed by atoms with Gasteiger partial charge < -0.3 is 19.7 Å². The van der Waals surface area contributed by atoms with Gasteiger partial charge in [0.05, 0.1) is 31.4 Å². The van der Waals surface area contributed by atoms with E-state index in [2.05, 4.69) is 10.3 Å². The number of carbonyl (C=O) groups is 3. The molecule has 4 rings (SSSR count).